The predicted octanol–water partition coefficient (Wildman–Crippen LogP) is 2.53. The molecule has 1 saturated heterocycles. The van der Waals surface area contributed by atoms with Gasteiger partial charge < -0.3 is 19.4 Å². The van der Waals surface area contributed by atoms with E-state index in [9.17, 15) is 9.59 Å². The highest BCUT2D eigenvalue weighted by Gasteiger charge is 2.40. The van der Waals surface area contributed by atoms with Crippen molar-refractivity contribution in [3.05, 3.63) is 69.0 Å². The van der Waals surface area contributed by atoms with E-state index in [2.05, 4.69) is 20.1 Å². The standard InChI is InChI=1S/C26H27N5O4/c1-34-21-5-4-6-22-23(21)19-14-30(13-16(19)15-35-22)11-2-3-12-31-25(32)18-7-8-20-17(9-10-27-29-20)24(18)28-26(31)33/h4-10,16,19H,2-3,11-15H2,1H3,(H,28,33)/t16-,19+/m0/s1. The minimum absolute atomic E-state index is 0.268. The molecule has 9 nitrogen and oxygen atoms in total. The highest BCUT2D eigenvalue weighted by molar-refractivity contribution is 6.02. The van der Waals surface area contributed by atoms with Crippen LogP contribution in [-0.4, -0.2) is 58.0 Å². The van der Waals surface area contributed by atoms with Crippen LogP contribution in [0, 0.1) is 5.92 Å². The Hall–Kier alpha value is -3.72. The van der Waals surface area contributed by atoms with Gasteiger partial charge in [-0.2, -0.15) is 10.2 Å². The molecule has 2 aliphatic rings. The number of aromatic amines is 1. The molecule has 6 rings (SSSR count). The fourth-order valence-electron chi connectivity index (χ4n) is 5.63. The largest absolute Gasteiger partial charge is 0.496 e. The van der Waals surface area contributed by atoms with Crippen molar-refractivity contribution in [1.29, 1.82) is 0 Å². The van der Waals surface area contributed by atoms with Crippen LogP contribution < -0.4 is 20.7 Å². The monoisotopic (exact) mass is 473 g/mol. The number of unbranched alkanes of at least 4 members (excludes halogenated alkanes) is 1. The summed E-state index contributed by atoms with van der Waals surface area (Å²) in [5.74, 6) is 2.68. The first kappa shape index (κ1) is 21.8. The van der Waals surface area contributed by atoms with E-state index in [-0.39, 0.29) is 11.2 Å². The highest BCUT2D eigenvalue weighted by atomic mass is 16.5. The summed E-state index contributed by atoms with van der Waals surface area (Å²) in [5, 5.41) is 9.13. The normalized spacial score (nSPS) is 19.5. The maximum atomic E-state index is 13.1. The number of hydrogen-bond donors (Lipinski definition) is 1. The number of rotatable bonds is 6. The van der Waals surface area contributed by atoms with E-state index in [1.807, 2.05) is 18.2 Å². The number of ether oxygens (including phenoxy) is 2. The van der Waals surface area contributed by atoms with Crippen LogP contribution >= 0.6 is 0 Å². The molecule has 2 aromatic carbocycles. The molecule has 0 radical (unpaired) electrons. The fraction of sp³-hybridized carbons (Fsp3) is 0.385. The molecular weight excluding hydrogens is 446 g/mol. The summed E-state index contributed by atoms with van der Waals surface area (Å²) in [6.45, 7) is 3.98. The number of hydrogen-bond acceptors (Lipinski definition) is 7. The molecule has 0 aliphatic carbocycles. The topological polar surface area (TPSA) is 102 Å². The van der Waals surface area contributed by atoms with Gasteiger partial charge in [0.25, 0.3) is 5.56 Å². The third-order valence-corrected chi connectivity index (χ3v) is 7.34. The molecule has 9 heteroatoms. The lowest BCUT2D eigenvalue weighted by atomic mass is 9.86. The Kier molecular flexibility index (Phi) is 5.49. The Labute approximate surface area is 201 Å². The van der Waals surface area contributed by atoms with Crippen molar-refractivity contribution in [2.45, 2.75) is 25.3 Å². The van der Waals surface area contributed by atoms with Crippen molar-refractivity contribution >= 4 is 21.8 Å². The molecule has 0 unspecified atom stereocenters. The molecule has 1 N–H and O–H groups in total. The second-order valence-electron chi connectivity index (χ2n) is 9.36. The number of nitrogens with zero attached hydrogens (tertiary/aromatic N) is 4. The summed E-state index contributed by atoms with van der Waals surface area (Å²) in [6.07, 6.45) is 3.20. The number of H-pyrrole nitrogens is 1. The number of methoxy groups -OCH3 is 1. The van der Waals surface area contributed by atoms with Crippen molar-refractivity contribution in [3.63, 3.8) is 0 Å². The number of aromatic nitrogens is 4. The maximum absolute atomic E-state index is 13.1. The Morgan fingerprint density at radius 1 is 1.09 bits per heavy atom. The zero-order chi connectivity index (χ0) is 23.9. The van der Waals surface area contributed by atoms with E-state index < -0.39 is 0 Å². The Morgan fingerprint density at radius 3 is 2.86 bits per heavy atom. The highest BCUT2D eigenvalue weighted by Crippen LogP contribution is 2.46. The van der Waals surface area contributed by atoms with E-state index in [4.69, 9.17) is 9.47 Å². The molecule has 0 bridgehead atoms. The van der Waals surface area contributed by atoms with Crippen LogP contribution in [-0.2, 0) is 6.54 Å². The number of benzene rings is 2. The van der Waals surface area contributed by atoms with Gasteiger partial charge in [-0.05, 0) is 49.7 Å². The molecule has 35 heavy (non-hydrogen) atoms. The Balaban J connectivity index is 1.13. The van der Waals surface area contributed by atoms with Gasteiger partial charge in [-0.25, -0.2) is 4.79 Å². The van der Waals surface area contributed by atoms with E-state index in [0.29, 0.717) is 34.8 Å². The average Bonchev–Trinajstić information content (AvgIpc) is 3.31. The van der Waals surface area contributed by atoms with Crippen molar-refractivity contribution in [2.24, 2.45) is 5.92 Å². The summed E-state index contributed by atoms with van der Waals surface area (Å²) < 4.78 is 12.9. The van der Waals surface area contributed by atoms with E-state index in [1.54, 1.807) is 31.5 Å². The van der Waals surface area contributed by atoms with Crippen LogP contribution in [0.15, 0.2) is 52.2 Å². The van der Waals surface area contributed by atoms with Crippen molar-refractivity contribution in [2.75, 3.05) is 33.4 Å². The van der Waals surface area contributed by atoms with Gasteiger partial charge in [-0.1, -0.05) is 6.07 Å². The van der Waals surface area contributed by atoms with Crippen molar-refractivity contribution in [3.8, 4) is 11.5 Å². The Morgan fingerprint density at radius 2 is 1.97 bits per heavy atom. The number of likely N-dealkylation sites (tertiary alicyclic amines) is 1. The fourth-order valence-corrected chi connectivity index (χ4v) is 5.63. The molecule has 4 aromatic rings. The lowest BCUT2D eigenvalue weighted by molar-refractivity contribution is 0.209. The molecule has 0 spiro atoms. The van der Waals surface area contributed by atoms with Crippen molar-refractivity contribution in [1.82, 2.24) is 24.6 Å². The van der Waals surface area contributed by atoms with E-state index in [0.717, 1.165) is 56.0 Å². The van der Waals surface area contributed by atoms with Crippen LogP contribution in [0.5, 0.6) is 11.5 Å². The van der Waals surface area contributed by atoms with Gasteiger partial charge in [0.15, 0.2) is 0 Å². The first-order chi connectivity index (χ1) is 17.1. The molecule has 1 fully saturated rings. The quantitative estimate of drug-likeness (QED) is 0.339. The van der Waals surface area contributed by atoms with Gasteiger partial charge >= 0.3 is 5.69 Å². The zero-order valence-corrected chi connectivity index (χ0v) is 19.6. The molecule has 180 valence electrons. The summed E-state index contributed by atoms with van der Waals surface area (Å²) in [6, 6.07) is 11.2. The SMILES string of the molecule is COc1cccc2c1[C@@H]1CN(CCCCn3c(=O)[nH]c4c(ccc5nnccc54)c3=O)C[C@H]1CO2. The molecule has 0 amide bonds. The van der Waals surface area contributed by atoms with Gasteiger partial charge in [-0.15, -0.1) is 0 Å². The van der Waals surface area contributed by atoms with Crippen LogP contribution in [0.1, 0.15) is 24.3 Å². The molecule has 4 heterocycles. The van der Waals surface area contributed by atoms with E-state index >= 15 is 0 Å². The first-order valence-electron chi connectivity index (χ1n) is 12.0. The Bertz CT molecular complexity index is 1510. The summed E-state index contributed by atoms with van der Waals surface area (Å²) >= 11 is 0. The van der Waals surface area contributed by atoms with Crippen molar-refractivity contribution < 1.29 is 9.47 Å². The van der Waals surface area contributed by atoms with Crippen LogP contribution in [0.4, 0.5) is 0 Å². The van der Waals surface area contributed by atoms with Crippen LogP contribution in [0.3, 0.4) is 0 Å². The van der Waals surface area contributed by atoms with E-state index in [1.165, 1.54) is 10.1 Å². The van der Waals surface area contributed by atoms with Gasteiger partial charge in [0, 0.05) is 42.4 Å². The van der Waals surface area contributed by atoms with Gasteiger partial charge in [0.2, 0.25) is 0 Å². The maximum Gasteiger partial charge on any atom is 0.328 e. The average molecular weight is 474 g/mol. The second-order valence-corrected chi connectivity index (χ2v) is 9.36. The molecule has 0 saturated carbocycles. The number of nitrogens with one attached hydrogen (secondary N) is 1. The molecular formula is C26H27N5O4. The van der Waals surface area contributed by atoms with Gasteiger partial charge in [0.1, 0.15) is 11.5 Å². The second kappa shape index (κ2) is 8.81. The minimum Gasteiger partial charge on any atom is -0.496 e. The lowest BCUT2D eigenvalue weighted by Gasteiger charge is -2.29. The first-order valence-corrected chi connectivity index (χ1v) is 12.0. The van der Waals surface area contributed by atoms with Gasteiger partial charge in [-0.3, -0.25) is 9.36 Å². The third kappa shape index (κ3) is 3.76. The van der Waals surface area contributed by atoms with Crippen LogP contribution in [0.25, 0.3) is 21.8 Å². The predicted molar refractivity (Wildman–Crippen MR) is 132 cm³/mol. The van der Waals surface area contributed by atoms with Gasteiger partial charge in [0.05, 0.1) is 36.3 Å². The minimum atomic E-state index is -0.389. The summed E-state index contributed by atoms with van der Waals surface area (Å²) in [4.78, 5) is 31.1. The van der Waals surface area contributed by atoms with Crippen LogP contribution in [0.2, 0.25) is 0 Å². The lowest BCUT2D eigenvalue weighted by Crippen LogP contribution is -2.35. The zero-order valence-electron chi connectivity index (χ0n) is 19.6. The molecule has 2 aliphatic heterocycles. The smallest absolute Gasteiger partial charge is 0.328 e. The summed E-state index contributed by atoms with van der Waals surface area (Å²) in [7, 11) is 1.71. The molecule has 2 aromatic heterocycles. The molecule has 2 atom stereocenters. The summed E-state index contributed by atoms with van der Waals surface area (Å²) in [5.41, 5.74) is 1.68. The third-order valence-electron chi connectivity index (χ3n) is 7.34. The number of fused-ring (bicyclic) bond motifs is 6.